The third kappa shape index (κ3) is 5.42. The van der Waals surface area contributed by atoms with E-state index in [0.717, 1.165) is 12.8 Å². The second kappa shape index (κ2) is 10.0. The number of hydrogen-bond donors (Lipinski definition) is 1. The molecule has 0 spiro atoms. The van der Waals surface area contributed by atoms with Crippen molar-refractivity contribution in [2.75, 3.05) is 13.1 Å². The minimum atomic E-state index is -4.03. The first kappa shape index (κ1) is 23.6. The molecule has 0 bridgehead atoms. The van der Waals surface area contributed by atoms with Gasteiger partial charge in [-0.25, -0.2) is 8.42 Å². The van der Waals surface area contributed by atoms with Gasteiger partial charge in [-0.3, -0.25) is 4.79 Å². The van der Waals surface area contributed by atoms with Crippen LogP contribution >= 0.6 is 23.2 Å². The number of aromatic nitrogens is 1. The number of carbonyl (C=O) groups excluding carboxylic acids is 1. The summed E-state index contributed by atoms with van der Waals surface area (Å²) in [4.78, 5) is 15.0. The molecule has 3 rings (SSSR count). The number of piperidine rings is 1. The van der Waals surface area contributed by atoms with Crippen LogP contribution in [0.2, 0.25) is 0 Å². The monoisotopic (exact) mass is 482 g/mol. The predicted octanol–water partition coefficient (Wildman–Crippen LogP) is 3.31. The molecular weight excluding hydrogens is 459 g/mol. The van der Waals surface area contributed by atoms with Gasteiger partial charge in [-0.05, 0) is 43.0 Å². The summed E-state index contributed by atoms with van der Waals surface area (Å²) in [6, 6.07) is 11.7. The first-order valence-corrected chi connectivity index (χ1v) is 12.3. The van der Waals surface area contributed by atoms with Crippen LogP contribution in [-0.4, -0.2) is 48.3 Å². The SMILES string of the molecule is CC1CCN(C(=O)C(NS(=O)(=O)c2ccccc2)C(Cl)C(Cl)n2cccc2C#N)CC1. The molecule has 166 valence electrons. The van der Waals surface area contributed by atoms with Gasteiger partial charge in [-0.2, -0.15) is 9.98 Å². The lowest BCUT2D eigenvalue weighted by Gasteiger charge is -2.35. The maximum Gasteiger partial charge on any atom is 0.242 e. The average molecular weight is 483 g/mol. The molecule has 31 heavy (non-hydrogen) atoms. The minimum absolute atomic E-state index is 0.0220. The van der Waals surface area contributed by atoms with E-state index in [1.807, 2.05) is 6.07 Å². The van der Waals surface area contributed by atoms with Gasteiger partial charge >= 0.3 is 0 Å². The number of hydrogen-bond acceptors (Lipinski definition) is 4. The van der Waals surface area contributed by atoms with Crippen LogP contribution in [0.1, 0.15) is 31.0 Å². The Morgan fingerprint density at radius 3 is 2.42 bits per heavy atom. The minimum Gasteiger partial charge on any atom is -0.341 e. The smallest absolute Gasteiger partial charge is 0.242 e. The van der Waals surface area contributed by atoms with Crippen molar-refractivity contribution in [1.82, 2.24) is 14.2 Å². The van der Waals surface area contributed by atoms with Crippen LogP contribution in [0.25, 0.3) is 0 Å². The normalized spacial score (nSPS) is 18.2. The molecule has 2 aromatic rings. The molecule has 1 aliphatic rings. The van der Waals surface area contributed by atoms with Crippen LogP contribution in [0.5, 0.6) is 0 Å². The van der Waals surface area contributed by atoms with Crippen LogP contribution in [0.4, 0.5) is 0 Å². The molecule has 2 heterocycles. The Morgan fingerprint density at radius 1 is 1.16 bits per heavy atom. The Labute approximate surface area is 192 Å². The van der Waals surface area contributed by atoms with Crippen LogP contribution in [0.3, 0.4) is 0 Å². The zero-order chi connectivity index (χ0) is 22.6. The van der Waals surface area contributed by atoms with E-state index in [1.165, 1.54) is 16.7 Å². The molecule has 1 saturated heterocycles. The number of benzene rings is 1. The van der Waals surface area contributed by atoms with Crippen molar-refractivity contribution in [3.05, 3.63) is 54.4 Å². The summed E-state index contributed by atoms with van der Waals surface area (Å²) in [6.45, 7) is 3.16. The summed E-state index contributed by atoms with van der Waals surface area (Å²) in [5.74, 6) is 0.0665. The number of alkyl halides is 2. The molecule has 0 saturated carbocycles. The van der Waals surface area contributed by atoms with E-state index in [2.05, 4.69) is 11.6 Å². The highest BCUT2D eigenvalue weighted by molar-refractivity contribution is 7.89. The van der Waals surface area contributed by atoms with Crippen LogP contribution in [0.15, 0.2) is 53.6 Å². The van der Waals surface area contributed by atoms with Crippen molar-refractivity contribution < 1.29 is 13.2 Å². The topological polar surface area (TPSA) is 95.2 Å². The van der Waals surface area contributed by atoms with E-state index in [1.54, 1.807) is 41.4 Å². The Hall–Kier alpha value is -2.05. The molecule has 0 aliphatic carbocycles. The summed E-state index contributed by atoms with van der Waals surface area (Å²) < 4.78 is 29.8. The van der Waals surface area contributed by atoms with Crippen molar-refractivity contribution in [1.29, 1.82) is 5.26 Å². The second-order valence-corrected chi connectivity index (χ2v) is 10.3. The fraction of sp³-hybridized carbons (Fsp3) is 0.429. The number of nitrogens with zero attached hydrogens (tertiary/aromatic N) is 3. The molecule has 10 heteroatoms. The summed E-state index contributed by atoms with van der Waals surface area (Å²) in [7, 11) is -4.03. The maximum atomic E-state index is 13.4. The summed E-state index contributed by atoms with van der Waals surface area (Å²) in [5, 5.41) is 8.14. The molecular formula is C21H24Cl2N4O3S. The number of likely N-dealkylation sites (tertiary alicyclic amines) is 1. The number of halogens is 2. The predicted molar refractivity (Wildman–Crippen MR) is 119 cm³/mol. The van der Waals surface area contributed by atoms with Gasteiger partial charge in [-0.15, -0.1) is 11.6 Å². The van der Waals surface area contributed by atoms with Gasteiger partial charge in [0.2, 0.25) is 15.9 Å². The first-order chi connectivity index (χ1) is 14.7. The molecule has 1 aromatic carbocycles. The number of nitrogens with one attached hydrogen (secondary N) is 1. The molecule has 1 N–H and O–H groups in total. The van der Waals surface area contributed by atoms with E-state index < -0.39 is 32.9 Å². The van der Waals surface area contributed by atoms with Gasteiger partial charge in [-0.1, -0.05) is 36.7 Å². The lowest BCUT2D eigenvalue weighted by Crippen LogP contribution is -2.55. The van der Waals surface area contributed by atoms with Gasteiger partial charge in [0.25, 0.3) is 0 Å². The number of nitriles is 1. The Morgan fingerprint density at radius 2 is 1.81 bits per heavy atom. The Bertz CT molecular complexity index is 1040. The van der Waals surface area contributed by atoms with Gasteiger partial charge < -0.3 is 9.47 Å². The van der Waals surface area contributed by atoms with Gasteiger partial charge in [0.05, 0.1) is 10.3 Å². The number of carbonyl (C=O) groups is 1. The summed E-state index contributed by atoms with van der Waals surface area (Å²) >= 11 is 13.1. The van der Waals surface area contributed by atoms with Crippen molar-refractivity contribution in [3.63, 3.8) is 0 Å². The van der Waals surface area contributed by atoms with E-state index in [0.29, 0.717) is 19.0 Å². The van der Waals surface area contributed by atoms with E-state index >= 15 is 0 Å². The Kier molecular flexibility index (Phi) is 7.65. The van der Waals surface area contributed by atoms with Crippen molar-refractivity contribution in [3.8, 4) is 6.07 Å². The van der Waals surface area contributed by atoms with Crippen LogP contribution < -0.4 is 4.72 Å². The third-order valence-electron chi connectivity index (χ3n) is 5.44. The largest absolute Gasteiger partial charge is 0.341 e. The molecule has 1 aliphatic heterocycles. The highest BCUT2D eigenvalue weighted by Crippen LogP contribution is 2.29. The molecule has 3 atom stereocenters. The van der Waals surface area contributed by atoms with Crippen LogP contribution in [-0.2, 0) is 14.8 Å². The lowest BCUT2D eigenvalue weighted by molar-refractivity contribution is -0.134. The quantitative estimate of drug-likeness (QED) is 0.612. The standard InChI is InChI=1S/C21H24Cl2N4O3S/c1-15-9-12-26(13-10-15)21(28)19(25-31(29,30)17-7-3-2-4-8-17)18(22)20(23)27-11-5-6-16(27)14-24/h2-8,11,15,18-20,25H,9-10,12-13H2,1H3. The van der Waals surface area contributed by atoms with Gasteiger partial charge in [0, 0.05) is 19.3 Å². The van der Waals surface area contributed by atoms with Crippen molar-refractivity contribution in [2.24, 2.45) is 5.92 Å². The first-order valence-electron chi connectivity index (χ1n) is 9.96. The average Bonchev–Trinajstić information content (AvgIpc) is 3.26. The third-order valence-corrected chi connectivity index (χ3v) is 8.00. The maximum absolute atomic E-state index is 13.4. The number of sulfonamides is 1. The zero-order valence-corrected chi connectivity index (χ0v) is 19.3. The molecule has 1 amide bonds. The molecule has 1 aromatic heterocycles. The number of amides is 1. The summed E-state index contributed by atoms with van der Waals surface area (Å²) in [6.07, 6.45) is 3.23. The van der Waals surface area contributed by atoms with Gasteiger partial charge in [0.1, 0.15) is 23.3 Å². The van der Waals surface area contributed by atoms with E-state index in [4.69, 9.17) is 23.2 Å². The fourth-order valence-corrected chi connectivity index (χ4v) is 5.44. The van der Waals surface area contributed by atoms with Gasteiger partial charge in [0.15, 0.2) is 0 Å². The zero-order valence-electron chi connectivity index (χ0n) is 17.0. The van der Waals surface area contributed by atoms with Crippen molar-refractivity contribution >= 4 is 39.1 Å². The molecule has 7 nitrogen and oxygen atoms in total. The molecule has 0 radical (unpaired) electrons. The van der Waals surface area contributed by atoms with E-state index in [9.17, 15) is 18.5 Å². The summed E-state index contributed by atoms with van der Waals surface area (Å²) in [5.41, 5.74) is -0.767. The fourth-order valence-electron chi connectivity index (χ4n) is 3.53. The second-order valence-electron chi connectivity index (χ2n) is 7.65. The Balaban J connectivity index is 1.92. The lowest BCUT2D eigenvalue weighted by atomic mass is 9.98. The molecule has 3 unspecified atom stereocenters. The van der Waals surface area contributed by atoms with Crippen LogP contribution in [0, 0.1) is 17.2 Å². The highest BCUT2D eigenvalue weighted by Gasteiger charge is 2.39. The molecule has 1 fully saturated rings. The number of rotatable bonds is 7. The van der Waals surface area contributed by atoms with Crippen molar-refractivity contribution in [2.45, 2.75) is 41.6 Å². The highest BCUT2D eigenvalue weighted by atomic mass is 35.5. The van der Waals surface area contributed by atoms with E-state index in [-0.39, 0.29) is 10.6 Å².